The molecule has 0 saturated heterocycles. The van der Waals surface area contributed by atoms with Crippen LogP contribution in [0.2, 0.25) is 0 Å². The van der Waals surface area contributed by atoms with Crippen molar-refractivity contribution in [1.82, 2.24) is 15.5 Å². The highest BCUT2D eigenvalue weighted by Gasteiger charge is 2.18. The van der Waals surface area contributed by atoms with Gasteiger partial charge in [0.15, 0.2) is 6.61 Å². The molecule has 1 heterocycles. The number of ether oxygens (including phenoxy) is 2. The topological polar surface area (TPSA) is 86.5 Å². The molecular weight excluding hydrogens is 330 g/mol. The van der Waals surface area contributed by atoms with Crippen LogP contribution in [0.15, 0.2) is 33.9 Å². The first kappa shape index (κ1) is 18.3. The predicted molar refractivity (Wildman–Crippen MR) is 90.0 cm³/mol. The van der Waals surface area contributed by atoms with E-state index in [9.17, 15) is 4.79 Å². The summed E-state index contributed by atoms with van der Waals surface area (Å²) < 4.78 is 16.0. The van der Waals surface area contributed by atoms with Gasteiger partial charge in [0, 0.05) is 13.7 Å². The molecule has 24 heavy (non-hydrogen) atoms. The Labute approximate surface area is 145 Å². The van der Waals surface area contributed by atoms with Gasteiger partial charge in [-0.25, -0.2) is 0 Å². The second-order valence-corrected chi connectivity index (χ2v) is 6.40. The molecule has 0 radical (unpaired) electrons. The number of hydrogen-bond acceptors (Lipinski definition) is 7. The molecule has 7 nitrogen and oxygen atoms in total. The number of aryl methyl sites for hydroxylation is 1. The number of methoxy groups -OCH3 is 1. The minimum atomic E-state index is -0.340. The van der Waals surface area contributed by atoms with Crippen LogP contribution in [0, 0.1) is 6.92 Å². The zero-order chi connectivity index (χ0) is 17.4. The van der Waals surface area contributed by atoms with E-state index in [4.69, 9.17) is 13.9 Å². The number of aromatic nitrogens is 2. The van der Waals surface area contributed by atoms with Crippen LogP contribution >= 0.6 is 11.8 Å². The van der Waals surface area contributed by atoms with Crippen LogP contribution in [-0.2, 0) is 16.1 Å². The molecule has 0 bridgehead atoms. The maximum absolute atomic E-state index is 11.9. The average molecular weight is 351 g/mol. The molecule has 0 fully saturated rings. The fraction of sp³-hybridized carbons (Fsp3) is 0.438. The van der Waals surface area contributed by atoms with Crippen molar-refractivity contribution in [2.75, 3.05) is 20.3 Å². The second-order valence-electron chi connectivity index (χ2n) is 5.11. The van der Waals surface area contributed by atoms with Gasteiger partial charge in [0.2, 0.25) is 5.91 Å². The summed E-state index contributed by atoms with van der Waals surface area (Å²) in [4.78, 5) is 11.9. The molecular formula is C16H21N3O4S. The lowest BCUT2D eigenvalue weighted by Gasteiger charge is -2.09. The molecule has 1 aromatic carbocycles. The monoisotopic (exact) mass is 351 g/mol. The molecule has 8 heteroatoms. The first-order chi connectivity index (χ1) is 11.6. The van der Waals surface area contributed by atoms with Gasteiger partial charge >= 0.3 is 0 Å². The van der Waals surface area contributed by atoms with Crippen LogP contribution in [0.5, 0.6) is 5.75 Å². The first-order valence-electron chi connectivity index (χ1n) is 7.53. The van der Waals surface area contributed by atoms with Crippen molar-refractivity contribution in [1.29, 1.82) is 0 Å². The molecule has 0 aliphatic carbocycles. The van der Waals surface area contributed by atoms with E-state index < -0.39 is 0 Å². The summed E-state index contributed by atoms with van der Waals surface area (Å²) in [5.41, 5.74) is 1.11. The van der Waals surface area contributed by atoms with E-state index in [1.165, 1.54) is 11.8 Å². The molecule has 1 N–H and O–H groups in total. The van der Waals surface area contributed by atoms with Gasteiger partial charge in [-0.15, -0.1) is 10.2 Å². The number of benzene rings is 1. The zero-order valence-electron chi connectivity index (χ0n) is 13.9. The van der Waals surface area contributed by atoms with E-state index in [1.807, 2.05) is 31.2 Å². The summed E-state index contributed by atoms with van der Waals surface area (Å²) in [6.07, 6.45) is 0. The fourth-order valence-electron chi connectivity index (χ4n) is 1.82. The Kier molecular flexibility index (Phi) is 7.07. The van der Waals surface area contributed by atoms with Gasteiger partial charge in [-0.05, 0) is 31.5 Å². The summed E-state index contributed by atoms with van der Waals surface area (Å²) >= 11 is 1.21. The Bertz CT molecular complexity index is 662. The number of amides is 1. The summed E-state index contributed by atoms with van der Waals surface area (Å²) in [6, 6.07) is 7.71. The van der Waals surface area contributed by atoms with Crippen LogP contribution in [0.4, 0.5) is 0 Å². The lowest BCUT2D eigenvalue weighted by molar-refractivity contribution is -0.120. The molecule has 0 aliphatic heterocycles. The van der Waals surface area contributed by atoms with Gasteiger partial charge in [-0.3, -0.25) is 4.79 Å². The van der Waals surface area contributed by atoms with Crippen molar-refractivity contribution in [3.8, 4) is 5.75 Å². The Balaban J connectivity index is 1.81. The van der Waals surface area contributed by atoms with Crippen molar-refractivity contribution < 1.29 is 18.7 Å². The number of hydrogen-bond donors (Lipinski definition) is 1. The van der Waals surface area contributed by atoms with E-state index in [-0.39, 0.29) is 17.8 Å². The van der Waals surface area contributed by atoms with Crippen molar-refractivity contribution in [2.45, 2.75) is 30.9 Å². The van der Waals surface area contributed by atoms with Crippen LogP contribution in [0.25, 0.3) is 0 Å². The third-order valence-electron chi connectivity index (χ3n) is 3.05. The number of carbonyl (C=O) groups is 1. The highest BCUT2D eigenvalue weighted by molar-refractivity contribution is 8.00. The van der Waals surface area contributed by atoms with Crippen molar-refractivity contribution in [2.24, 2.45) is 0 Å². The smallest absolute Gasteiger partial charge is 0.277 e. The molecule has 1 amide bonds. The molecule has 0 unspecified atom stereocenters. The molecule has 2 rings (SSSR count). The quantitative estimate of drug-likeness (QED) is 0.547. The number of thioether (sulfide) groups is 1. The van der Waals surface area contributed by atoms with Crippen LogP contribution in [0.3, 0.4) is 0 Å². The van der Waals surface area contributed by atoms with Crippen LogP contribution in [-0.4, -0.2) is 41.6 Å². The lowest BCUT2D eigenvalue weighted by Crippen LogP contribution is -2.33. The number of nitrogens with zero attached hydrogens (tertiary/aromatic N) is 2. The Morgan fingerprint density at radius 2 is 2.25 bits per heavy atom. The SMILES string of the molecule is COCCNC(=O)[C@H](C)Sc1nnc(COc2cccc(C)c2)o1. The van der Waals surface area contributed by atoms with Crippen molar-refractivity contribution in [3.05, 3.63) is 35.7 Å². The van der Waals surface area contributed by atoms with Gasteiger partial charge in [-0.1, -0.05) is 23.9 Å². The number of carbonyl (C=O) groups excluding carboxylic acids is 1. The zero-order valence-corrected chi connectivity index (χ0v) is 14.8. The third kappa shape index (κ3) is 5.86. The van der Waals surface area contributed by atoms with E-state index in [0.29, 0.717) is 24.3 Å². The van der Waals surface area contributed by atoms with Crippen molar-refractivity contribution in [3.63, 3.8) is 0 Å². The summed E-state index contributed by atoms with van der Waals surface area (Å²) in [5, 5.41) is 10.6. The summed E-state index contributed by atoms with van der Waals surface area (Å²) in [6.45, 7) is 4.91. The van der Waals surface area contributed by atoms with Gasteiger partial charge in [0.05, 0.1) is 11.9 Å². The minimum absolute atomic E-state index is 0.104. The fourth-order valence-corrected chi connectivity index (χ4v) is 2.54. The highest BCUT2D eigenvalue weighted by Crippen LogP contribution is 2.22. The molecule has 0 spiro atoms. The van der Waals surface area contributed by atoms with E-state index in [1.54, 1.807) is 14.0 Å². The van der Waals surface area contributed by atoms with Crippen LogP contribution < -0.4 is 10.1 Å². The average Bonchev–Trinajstić information content (AvgIpc) is 3.00. The second kappa shape index (κ2) is 9.29. The minimum Gasteiger partial charge on any atom is -0.484 e. The summed E-state index contributed by atoms with van der Waals surface area (Å²) in [5.74, 6) is 1.01. The van der Waals surface area contributed by atoms with E-state index in [2.05, 4.69) is 15.5 Å². The molecule has 0 aliphatic rings. The standard InChI is InChI=1S/C16H21N3O4S/c1-11-5-4-6-13(9-11)22-10-14-18-19-16(23-14)24-12(2)15(20)17-7-8-21-3/h4-6,9,12H,7-8,10H2,1-3H3,(H,17,20)/t12-/m0/s1. The Morgan fingerprint density at radius 1 is 1.42 bits per heavy atom. The number of rotatable bonds is 9. The predicted octanol–water partition coefficient (Wildman–Crippen LogP) is 2.20. The Morgan fingerprint density at radius 3 is 3.00 bits per heavy atom. The van der Waals surface area contributed by atoms with E-state index in [0.717, 1.165) is 11.3 Å². The largest absolute Gasteiger partial charge is 0.484 e. The summed E-state index contributed by atoms with van der Waals surface area (Å²) in [7, 11) is 1.59. The van der Waals surface area contributed by atoms with E-state index >= 15 is 0 Å². The highest BCUT2D eigenvalue weighted by atomic mass is 32.2. The van der Waals surface area contributed by atoms with Gasteiger partial charge in [0.25, 0.3) is 11.1 Å². The van der Waals surface area contributed by atoms with Crippen molar-refractivity contribution >= 4 is 17.7 Å². The molecule has 0 saturated carbocycles. The van der Waals surface area contributed by atoms with Crippen LogP contribution in [0.1, 0.15) is 18.4 Å². The molecule has 130 valence electrons. The van der Waals surface area contributed by atoms with Gasteiger partial charge < -0.3 is 19.2 Å². The molecule has 2 aromatic rings. The maximum atomic E-state index is 11.9. The normalized spacial score (nSPS) is 12.0. The number of nitrogens with one attached hydrogen (secondary N) is 1. The first-order valence-corrected chi connectivity index (χ1v) is 8.41. The maximum Gasteiger partial charge on any atom is 0.277 e. The Hall–Kier alpha value is -2.06. The molecule has 1 atom stereocenters. The van der Waals surface area contributed by atoms with Gasteiger partial charge in [-0.2, -0.15) is 0 Å². The van der Waals surface area contributed by atoms with Gasteiger partial charge in [0.1, 0.15) is 5.75 Å². The lowest BCUT2D eigenvalue weighted by atomic mass is 10.2. The third-order valence-corrected chi connectivity index (χ3v) is 3.99. The molecule has 1 aromatic heterocycles.